The zero-order valence-electron chi connectivity index (χ0n) is 12.4. The summed E-state index contributed by atoms with van der Waals surface area (Å²) >= 11 is 5.93. The van der Waals surface area contributed by atoms with Gasteiger partial charge in [-0.15, -0.1) is 0 Å². The molecule has 0 saturated heterocycles. The lowest BCUT2D eigenvalue weighted by molar-refractivity contribution is 0.526. The predicted octanol–water partition coefficient (Wildman–Crippen LogP) is 4.80. The summed E-state index contributed by atoms with van der Waals surface area (Å²) in [6.07, 6.45) is 0.905. The maximum Gasteiger partial charge on any atom is 0.123 e. The highest BCUT2D eigenvalue weighted by Gasteiger charge is 2.13. The Labute approximate surface area is 131 Å². The van der Waals surface area contributed by atoms with Gasteiger partial charge in [0.15, 0.2) is 0 Å². The summed E-state index contributed by atoms with van der Waals surface area (Å²) in [5.74, 6) is 0.120. The van der Waals surface area contributed by atoms with Crippen LogP contribution in [0.25, 0.3) is 0 Å². The Balaban J connectivity index is 2.14. The zero-order chi connectivity index (χ0) is 15.2. The quantitative estimate of drug-likeness (QED) is 0.808. The molecule has 0 saturated carbocycles. The Morgan fingerprint density at radius 3 is 2.19 bits per heavy atom. The van der Waals surface area contributed by atoms with Gasteiger partial charge < -0.3 is 5.32 Å². The van der Waals surface area contributed by atoms with Crippen LogP contribution in [0.5, 0.6) is 0 Å². The topological polar surface area (TPSA) is 12.0 Å². The summed E-state index contributed by atoms with van der Waals surface area (Å²) in [5.41, 5.74) is 2.39. The van der Waals surface area contributed by atoms with E-state index in [4.69, 9.17) is 11.6 Å². The Morgan fingerprint density at radius 1 is 1.00 bits per heavy atom. The van der Waals surface area contributed by atoms with Crippen molar-refractivity contribution in [2.75, 3.05) is 6.54 Å². The fourth-order valence-corrected chi connectivity index (χ4v) is 2.45. The molecule has 0 amide bonds. The molecule has 2 aromatic rings. The lowest BCUT2D eigenvalue weighted by atomic mass is 9.91. The fourth-order valence-electron chi connectivity index (χ4n) is 2.33. The second-order valence-electron chi connectivity index (χ2n) is 5.64. The molecule has 1 nitrogen and oxygen atoms in total. The molecule has 0 aromatic heterocycles. The van der Waals surface area contributed by atoms with E-state index in [0.717, 1.165) is 23.6 Å². The van der Waals surface area contributed by atoms with Crippen LogP contribution in [0.3, 0.4) is 0 Å². The van der Waals surface area contributed by atoms with Gasteiger partial charge >= 0.3 is 0 Å². The standard InChI is InChI=1S/C18H21ClFN/c1-13(2)21-12-16(15-5-9-18(20)10-6-15)11-14-3-7-17(19)8-4-14/h3-10,13,16,21H,11-12H2,1-2H3. The number of rotatable bonds is 6. The molecule has 0 heterocycles. The van der Waals surface area contributed by atoms with Crippen LogP contribution in [0.1, 0.15) is 30.9 Å². The molecule has 0 aliphatic carbocycles. The monoisotopic (exact) mass is 305 g/mol. The van der Waals surface area contributed by atoms with Crippen molar-refractivity contribution in [1.29, 1.82) is 0 Å². The molecule has 2 rings (SSSR count). The van der Waals surface area contributed by atoms with Gasteiger partial charge in [0, 0.05) is 23.5 Å². The summed E-state index contributed by atoms with van der Waals surface area (Å²) in [7, 11) is 0. The minimum absolute atomic E-state index is 0.194. The normalized spacial score (nSPS) is 12.6. The Kier molecular flexibility index (Phi) is 5.77. The van der Waals surface area contributed by atoms with Gasteiger partial charge in [0.1, 0.15) is 5.82 Å². The van der Waals surface area contributed by atoms with Crippen molar-refractivity contribution in [2.24, 2.45) is 0 Å². The molecular formula is C18H21ClFN. The number of hydrogen-bond donors (Lipinski definition) is 1. The van der Waals surface area contributed by atoms with Gasteiger partial charge in [0.25, 0.3) is 0 Å². The van der Waals surface area contributed by atoms with E-state index in [2.05, 4.69) is 19.2 Å². The minimum atomic E-state index is -0.194. The number of halogens is 2. The van der Waals surface area contributed by atoms with Gasteiger partial charge in [0.05, 0.1) is 0 Å². The Morgan fingerprint density at radius 2 is 1.62 bits per heavy atom. The maximum absolute atomic E-state index is 13.1. The van der Waals surface area contributed by atoms with Crippen LogP contribution in [0.4, 0.5) is 4.39 Å². The molecular weight excluding hydrogens is 285 g/mol. The van der Waals surface area contributed by atoms with Crippen LogP contribution >= 0.6 is 11.6 Å². The van der Waals surface area contributed by atoms with Gasteiger partial charge in [-0.1, -0.05) is 49.7 Å². The van der Waals surface area contributed by atoms with Crippen molar-refractivity contribution in [1.82, 2.24) is 5.32 Å². The number of hydrogen-bond acceptors (Lipinski definition) is 1. The Bertz CT molecular complexity index is 548. The molecule has 1 unspecified atom stereocenters. The van der Waals surface area contributed by atoms with E-state index in [1.807, 2.05) is 36.4 Å². The van der Waals surface area contributed by atoms with E-state index in [1.165, 1.54) is 17.7 Å². The van der Waals surface area contributed by atoms with Crippen molar-refractivity contribution in [3.05, 3.63) is 70.5 Å². The summed E-state index contributed by atoms with van der Waals surface area (Å²) in [6, 6.07) is 15.2. The SMILES string of the molecule is CC(C)NCC(Cc1ccc(Cl)cc1)c1ccc(F)cc1. The molecule has 0 fully saturated rings. The number of nitrogens with one attached hydrogen (secondary N) is 1. The van der Waals surface area contributed by atoms with Crippen LogP contribution < -0.4 is 5.32 Å². The molecule has 1 N–H and O–H groups in total. The molecule has 0 aliphatic rings. The molecule has 0 spiro atoms. The smallest absolute Gasteiger partial charge is 0.123 e. The summed E-state index contributed by atoms with van der Waals surface area (Å²) < 4.78 is 13.1. The highest BCUT2D eigenvalue weighted by Crippen LogP contribution is 2.22. The van der Waals surface area contributed by atoms with Gasteiger partial charge in [-0.2, -0.15) is 0 Å². The minimum Gasteiger partial charge on any atom is -0.314 e. The molecule has 1 atom stereocenters. The average Bonchev–Trinajstić information content (AvgIpc) is 2.46. The summed E-state index contributed by atoms with van der Waals surface area (Å²) in [6.45, 7) is 5.12. The third kappa shape index (κ3) is 5.14. The average molecular weight is 306 g/mol. The lowest BCUT2D eigenvalue weighted by Gasteiger charge is -2.20. The predicted molar refractivity (Wildman–Crippen MR) is 87.4 cm³/mol. The first kappa shape index (κ1) is 16.0. The second-order valence-corrected chi connectivity index (χ2v) is 6.08. The first-order valence-electron chi connectivity index (χ1n) is 7.28. The van der Waals surface area contributed by atoms with Gasteiger partial charge in [-0.25, -0.2) is 4.39 Å². The zero-order valence-corrected chi connectivity index (χ0v) is 13.2. The largest absolute Gasteiger partial charge is 0.314 e. The Hall–Kier alpha value is -1.38. The lowest BCUT2D eigenvalue weighted by Crippen LogP contribution is -2.29. The van der Waals surface area contributed by atoms with Crippen molar-refractivity contribution >= 4 is 11.6 Å². The number of benzene rings is 2. The van der Waals surface area contributed by atoms with E-state index >= 15 is 0 Å². The second kappa shape index (κ2) is 7.58. The van der Waals surface area contributed by atoms with E-state index in [0.29, 0.717) is 12.0 Å². The first-order valence-corrected chi connectivity index (χ1v) is 7.65. The molecule has 21 heavy (non-hydrogen) atoms. The highest BCUT2D eigenvalue weighted by atomic mass is 35.5. The molecule has 0 radical (unpaired) electrons. The third-order valence-corrected chi connectivity index (χ3v) is 3.76. The highest BCUT2D eigenvalue weighted by molar-refractivity contribution is 6.30. The molecule has 0 bridgehead atoms. The first-order chi connectivity index (χ1) is 10.0. The molecule has 2 aromatic carbocycles. The van der Waals surface area contributed by atoms with E-state index in [9.17, 15) is 4.39 Å². The maximum atomic E-state index is 13.1. The van der Waals surface area contributed by atoms with Crippen LogP contribution in [-0.2, 0) is 6.42 Å². The van der Waals surface area contributed by atoms with Gasteiger partial charge in [-0.05, 0) is 41.8 Å². The van der Waals surface area contributed by atoms with Crippen molar-refractivity contribution in [2.45, 2.75) is 32.2 Å². The fraction of sp³-hybridized carbons (Fsp3) is 0.333. The van der Waals surface area contributed by atoms with Crippen LogP contribution in [0.15, 0.2) is 48.5 Å². The van der Waals surface area contributed by atoms with Crippen LogP contribution in [0.2, 0.25) is 5.02 Å². The summed E-state index contributed by atoms with van der Waals surface area (Å²) in [5, 5.41) is 4.22. The summed E-state index contributed by atoms with van der Waals surface area (Å²) in [4.78, 5) is 0. The molecule has 0 aliphatic heterocycles. The van der Waals surface area contributed by atoms with Crippen molar-refractivity contribution < 1.29 is 4.39 Å². The third-order valence-electron chi connectivity index (χ3n) is 3.51. The molecule has 3 heteroatoms. The van der Waals surface area contributed by atoms with E-state index in [-0.39, 0.29) is 5.82 Å². The van der Waals surface area contributed by atoms with Crippen molar-refractivity contribution in [3.63, 3.8) is 0 Å². The van der Waals surface area contributed by atoms with Crippen LogP contribution in [0, 0.1) is 5.82 Å². The van der Waals surface area contributed by atoms with Gasteiger partial charge in [0.2, 0.25) is 0 Å². The van der Waals surface area contributed by atoms with Crippen molar-refractivity contribution in [3.8, 4) is 0 Å². The van der Waals surface area contributed by atoms with Crippen LogP contribution in [-0.4, -0.2) is 12.6 Å². The molecule has 112 valence electrons. The van der Waals surface area contributed by atoms with E-state index in [1.54, 1.807) is 0 Å². The van der Waals surface area contributed by atoms with Gasteiger partial charge in [-0.3, -0.25) is 0 Å². The van der Waals surface area contributed by atoms with E-state index < -0.39 is 0 Å².